The van der Waals surface area contributed by atoms with Crippen molar-refractivity contribution < 1.29 is 52.5 Å². The molecule has 4 aromatic rings. The zero-order valence-corrected chi connectivity index (χ0v) is 22.7. The predicted molar refractivity (Wildman–Crippen MR) is 125 cm³/mol. The van der Waals surface area contributed by atoms with Gasteiger partial charge in [-0.05, 0) is 52.0 Å². The number of aryl methyl sites for hydroxylation is 4. The fourth-order valence-electron chi connectivity index (χ4n) is 3.44. The molecule has 0 aliphatic heterocycles. The molecule has 10 heteroatoms. The molecular weight excluding hydrogens is 533 g/mol. The largest absolute Gasteiger partial charge is 4.00 e. The van der Waals surface area contributed by atoms with Crippen LogP contribution in [0, 0.1) is 94.9 Å². The van der Waals surface area contributed by atoms with E-state index in [4.69, 9.17) is 0 Å². The van der Waals surface area contributed by atoms with Crippen LogP contribution in [-0.4, -0.2) is 9.13 Å². The number of hydrogen-bond acceptors (Lipinski definition) is 0. The van der Waals surface area contributed by atoms with Crippen molar-refractivity contribution in [1.82, 2.24) is 9.13 Å². The summed E-state index contributed by atoms with van der Waals surface area (Å²) in [5.74, 6) is -9.21. The van der Waals surface area contributed by atoms with Gasteiger partial charge in [0.1, 0.15) is 0 Å². The summed E-state index contributed by atoms with van der Waals surface area (Å²) in [6.07, 6.45) is 0. The molecule has 0 aliphatic rings. The maximum atomic E-state index is 13.6. The van der Waals surface area contributed by atoms with Gasteiger partial charge in [0.05, 0.1) is 17.5 Å². The van der Waals surface area contributed by atoms with E-state index in [2.05, 4.69) is 6.92 Å². The van der Waals surface area contributed by atoms with E-state index in [9.17, 15) is 30.7 Å². The molecule has 0 spiro atoms. The van der Waals surface area contributed by atoms with Gasteiger partial charge in [-0.1, -0.05) is 6.07 Å². The molecule has 0 bridgehead atoms. The average Bonchev–Trinajstić information content (AvgIpc) is 3.29. The standard InChI is InChI=1S/C12H8F4N.C12H9F3N.C2H5.CH3.Ti/c1-6-3-4-7(2)17(6)12-9(14)5-8(13)10(15)11(12)16;1-7-3-4-8(2)16(7)12-10(14)5-9(13)6-11(12)15;1-2;;/h3-4H,1-2H3;3-5H,1-2H3;1H2,2H3;1H3;/q4*-1;+4. The molecule has 0 amide bonds. The Morgan fingerprint density at radius 2 is 0.973 bits per heavy atom. The van der Waals surface area contributed by atoms with Crippen molar-refractivity contribution in [2.45, 2.75) is 34.6 Å². The van der Waals surface area contributed by atoms with E-state index in [0.717, 1.165) is 0 Å². The zero-order chi connectivity index (χ0) is 26.6. The van der Waals surface area contributed by atoms with Crippen LogP contribution in [0.4, 0.5) is 30.7 Å². The molecule has 0 atom stereocenters. The molecule has 2 aromatic heterocycles. The Morgan fingerprint density at radius 1 is 0.595 bits per heavy atom. The first-order valence-corrected chi connectivity index (χ1v) is 10.3. The summed E-state index contributed by atoms with van der Waals surface area (Å²) in [4.78, 5) is 0. The normalized spacial score (nSPS) is 9.86. The van der Waals surface area contributed by atoms with Crippen LogP contribution >= 0.6 is 0 Å². The maximum absolute atomic E-state index is 13.6. The number of aromatic nitrogens is 2. The predicted octanol–water partition coefficient (Wildman–Crippen LogP) is 8.05. The minimum atomic E-state index is -1.73. The summed E-state index contributed by atoms with van der Waals surface area (Å²) in [7, 11) is 0. The second kappa shape index (κ2) is 14.2. The van der Waals surface area contributed by atoms with E-state index < -0.39 is 46.4 Å². The van der Waals surface area contributed by atoms with Crippen LogP contribution in [0.5, 0.6) is 0 Å². The van der Waals surface area contributed by atoms with Gasteiger partial charge in [-0.2, -0.15) is 6.92 Å². The van der Waals surface area contributed by atoms with E-state index in [1.165, 1.54) is 15.2 Å². The quantitative estimate of drug-likeness (QED) is 0.0775. The van der Waals surface area contributed by atoms with Gasteiger partial charge in [0.25, 0.3) is 0 Å². The van der Waals surface area contributed by atoms with Gasteiger partial charge in [0, 0.05) is 57.4 Å². The average molecular weight is 558 g/mol. The first kappa shape index (κ1) is 34.2. The Morgan fingerprint density at radius 3 is 1.38 bits per heavy atom. The third-order valence-electron chi connectivity index (χ3n) is 4.93. The van der Waals surface area contributed by atoms with Crippen molar-refractivity contribution in [1.29, 1.82) is 0 Å². The Bertz CT molecular complexity index is 1280. The van der Waals surface area contributed by atoms with Crippen molar-refractivity contribution in [3.8, 4) is 11.4 Å². The van der Waals surface area contributed by atoms with Gasteiger partial charge in [0.2, 0.25) is 0 Å². The van der Waals surface area contributed by atoms with Crippen LogP contribution in [0.25, 0.3) is 11.4 Å². The number of rotatable bonds is 2. The monoisotopic (exact) mass is 558 g/mol. The first-order chi connectivity index (χ1) is 16.4. The zero-order valence-electron chi connectivity index (χ0n) is 21.1. The van der Waals surface area contributed by atoms with Crippen molar-refractivity contribution in [3.05, 3.63) is 120 Å². The van der Waals surface area contributed by atoms with E-state index in [-0.39, 0.29) is 34.8 Å². The third-order valence-corrected chi connectivity index (χ3v) is 4.93. The minimum absolute atomic E-state index is 0. The molecule has 2 aromatic carbocycles. The minimum Gasteiger partial charge on any atom is -0.367 e. The van der Waals surface area contributed by atoms with Crippen LogP contribution in [0.2, 0.25) is 0 Å². The van der Waals surface area contributed by atoms with Gasteiger partial charge in [0.15, 0.2) is 0 Å². The summed E-state index contributed by atoms with van der Waals surface area (Å²) >= 11 is 0. The van der Waals surface area contributed by atoms with Gasteiger partial charge in [-0.15, -0.1) is 12.1 Å². The molecule has 0 N–H and O–H groups in total. The second-order valence-corrected chi connectivity index (χ2v) is 7.26. The second-order valence-electron chi connectivity index (χ2n) is 7.26. The molecular formula is C27H25F7N2Ti. The number of halogens is 7. The molecule has 2 heterocycles. The Kier molecular flexibility index (Phi) is 13.2. The fourth-order valence-corrected chi connectivity index (χ4v) is 3.44. The van der Waals surface area contributed by atoms with Crippen molar-refractivity contribution in [2.24, 2.45) is 0 Å². The molecule has 0 unspecified atom stereocenters. The van der Waals surface area contributed by atoms with Crippen molar-refractivity contribution >= 4 is 0 Å². The first-order valence-electron chi connectivity index (χ1n) is 10.3. The molecule has 0 aliphatic carbocycles. The molecule has 196 valence electrons. The van der Waals surface area contributed by atoms with Crippen LogP contribution in [0.1, 0.15) is 29.7 Å². The smallest absolute Gasteiger partial charge is 0.367 e. The van der Waals surface area contributed by atoms with Gasteiger partial charge in [-0.25, -0.2) is 26.3 Å². The van der Waals surface area contributed by atoms with Gasteiger partial charge < -0.3 is 23.5 Å². The van der Waals surface area contributed by atoms with Crippen LogP contribution in [-0.2, 0) is 21.7 Å². The van der Waals surface area contributed by atoms with Crippen LogP contribution < -0.4 is 0 Å². The van der Waals surface area contributed by atoms with Gasteiger partial charge in [-0.3, -0.25) is 4.39 Å². The molecule has 0 radical (unpaired) electrons. The van der Waals surface area contributed by atoms with E-state index in [1.54, 1.807) is 58.9 Å². The Balaban J connectivity index is 0.000000626. The van der Waals surface area contributed by atoms with Gasteiger partial charge >= 0.3 is 21.7 Å². The maximum Gasteiger partial charge on any atom is 4.00 e. The fraction of sp³-hybridized carbons (Fsp3) is 0.185. The van der Waals surface area contributed by atoms with E-state index >= 15 is 0 Å². The third kappa shape index (κ3) is 7.17. The molecule has 37 heavy (non-hydrogen) atoms. The van der Waals surface area contributed by atoms with Crippen LogP contribution in [0.3, 0.4) is 0 Å². The van der Waals surface area contributed by atoms with Crippen molar-refractivity contribution in [3.63, 3.8) is 0 Å². The molecule has 0 saturated heterocycles. The molecule has 4 rings (SSSR count). The molecule has 0 saturated carbocycles. The Labute approximate surface area is 227 Å². The number of benzene rings is 2. The number of nitrogens with zero attached hydrogens (tertiary/aromatic N) is 2. The summed E-state index contributed by atoms with van der Waals surface area (Å²) in [5, 5.41) is 0. The van der Waals surface area contributed by atoms with Crippen molar-refractivity contribution in [2.75, 3.05) is 0 Å². The summed E-state index contributed by atoms with van der Waals surface area (Å²) in [6.45, 7) is 11.6. The summed E-state index contributed by atoms with van der Waals surface area (Å²) in [6, 6.07) is 10.7. The van der Waals surface area contributed by atoms with Crippen LogP contribution in [0.15, 0.2) is 30.3 Å². The summed E-state index contributed by atoms with van der Waals surface area (Å²) < 4.78 is 95.1. The summed E-state index contributed by atoms with van der Waals surface area (Å²) in [5.41, 5.74) is 1.44. The molecule has 0 fully saturated rings. The molecule has 2 nitrogen and oxygen atoms in total. The SMILES string of the molecule is Cc1ccc(C)n1-c1c(F)[c-]c(F)c(F)c1F.Cc1ccc(C)n1-c1c(F)[c-]c(F)cc1F.[CH2-]C.[CH3-].[Ti+4]. The Hall–Kier alpha value is -2.78. The van der Waals surface area contributed by atoms with E-state index in [1.807, 2.05) is 6.07 Å². The van der Waals surface area contributed by atoms with E-state index in [0.29, 0.717) is 28.8 Å². The topological polar surface area (TPSA) is 9.86 Å². The number of hydrogen-bond donors (Lipinski definition) is 0.